The largest absolute Gasteiger partial charge is 0.496 e. The predicted octanol–water partition coefficient (Wildman–Crippen LogP) is 4.25. The van der Waals surface area contributed by atoms with Gasteiger partial charge in [0.15, 0.2) is 0 Å². The third kappa shape index (κ3) is 2.80. The molecule has 1 heterocycles. The summed E-state index contributed by atoms with van der Waals surface area (Å²) in [5.41, 5.74) is 9.75. The van der Waals surface area contributed by atoms with Crippen molar-refractivity contribution in [2.75, 3.05) is 18.6 Å². The van der Waals surface area contributed by atoms with Crippen LogP contribution in [0.3, 0.4) is 0 Å². The highest BCUT2D eigenvalue weighted by atomic mass is 16.5. The smallest absolute Gasteiger partial charge is 0.201 e. The molecule has 3 aromatic rings. The number of aryl methyl sites for hydroxylation is 1. The Labute approximate surface area is 147 Å². The molecule has 3 aromatic carbocycles. The van der Waals surface area contributed by atoms with Crippen LogP contribution in [0.2, 0.25) is 0 Å². The fourth-order valence-corrected chi connectivity index (χ4v) is 3.49. The van der Waals surface area contributed by atoms with Gasteiger partial charge in [0.05, 0.1) is 12.8 Å². The Morgan fingerprint density at radius 3 is 2.60 bits per heavy atom. The first-order valence-electron chi connectivity index (χ1n) is 8.53. The molecule has 0 atom stereocenters. The van der Waals surface area contributed by atoms with Gasteiger partial charge in [0.25, 0.3) is 0 Å². The highest BCUT2D eigenvalue weighted by Crippen LogP contribution is 2.34. The zero-order valence-electron chi connectivity index (χ0n) is 14.3. The standard InChI is InChI=1S/C21H21N3O/c1-25-20-13-12-18(16-9-3-4-10-17(16)20)23-21(22)24-14-6-8-15-7-2-5-11-19(15)24/h2-5,7,9-13H,6,8,14H2,1H3,(H2,22,23). The minimum atomic E-state index is 0.530. The van der Waals surface area contributed by atoms with Crippen molar-refractivity contribution in [3.63, 3.8) is 0 Å². The summed E-state index contributed by atoms with van der Waals surface area (Å²) in [5, 5.41) is 2.08. The number of nitrogens with two attached hydrogens (primary N) is 1. The van der Waals surface area contributed by atoms with Crippen molar-refractivity contribution in [3.05, 3.63) is 66.2 Å². The number of aliphatic imine (C=N–C) groups is 1. The molecular weight excluding hydrogens is 310 g/mol. The van der Waals surface area contributed by atoms with Crippen LogP contribution in [-0.4, -0.2) is 19.6 Å². The van der Waals surface area contributed by atoms with Crippen LogP contribution in [0.15, 0.2) is 65.7 Å². The van der Waals surface area contributed by atoms with Crippen molar-refractivity contribution >= 4 is 28.1 Å². The summed E-state index contributed by atoms with van der Waals surface area (Å²) < 4.78 is 5.46. The molecule has 0 aromatic heterocycles. The number of guanidine groups is 1. The van der Waals surface area contributed by atoms with Crippen molar-refractivity contribution in [3.8, 4) is 5.75 Å². The lowest BCUT2D eigenvalue weighted by atomic mass is 10.0. The molecule has 0 fully saturated rings. The number of ether oxygens (including phenoxy) is 1. The topological polar surface area (TPSA) is 50.9 Å². The zero-order chi connectivity index (χ0) is 17.2. The van der Waals surface area contributed by atoms with Crippen LogP contribution in [0.25, 0.3) is 10.8 Å². The number of hydrogen-bond donors (Lipinski definition) is 1. The van der Waals surface area contributed by atoms with Gasteiger partial charge in [-0.2, -0.15) is 0 Å². The molecule has 4 nitrogen and oxygen atoms in total. The summed E-state index contributed by atoms with van der Waals surface area (Å²) in [5.74, 6) is 1.37. The molecule has 0 radical (unpaired) electrons. The normalized spacial score (nSPS) is 14.4. The molecular formula is C21H21N3O. The summed E-state index contributed by atoms with van der Waals surface area (Å²) in [4.78, 5) is 6.86. The van der Waals surface area contributed by atoms with E-state index in [9.17, 15) is 0 Å². The van der Waals surface area contributed by atoms with E-state index in [0.717, 1.165) is 47.3 Å². The maximum Gasteiger partial charge on any atom is 0.201 e. The second-order valence-electron chi connectivity index (χ2n) is 6.19. The second-order valence-corrected chi connectivity index (χ2v) is 6.19. The molecule has 0 amide bonds. The van der Waals surface area contributed by atoms with Crippen LogP contribution in [0.5, 0.6) is 5.75 Å². The number of anilines is 1. The fraction of sp³-hybridized carbons (Fsp3) is 0.190. The number of fused-ring (bicyclic) bond motifs is 2. The van der Waals surface area contributed by atoms with Gasteiger partial charge in [-0.25, -0.2) is 4.99 Å². The lowest BCUT2D eigenvalue weighted by Crippen LogP contribution is -2.40. The number of hydrogen-bond acceptors (Lipinski definition) is 2. The molecule has 4 heteroatoms. The molecule has 4 rings (SSSR count). The van der Waals surface area contributed by atoms with Gasteiger partial charge in [0.1, 0.15) is 5.75 Å². The van der Waals surface area contributed by atoms with E-state index in [4.69, 9.17) is 15.5 Å². The molecule has 0 bridgehead atoms. The SMILES string of the molecule is COc1ccc(N=C(N)N2CCCc3ccccc32)c2ccccc12. The van der Waals surface area contributed by atoms with Gasteiger partial charge < -0.3 is 15.4 Å². The van der Waals surface area contributed by atoms with E-state index in [0.29, 0.717) is 5.96 Å². The highest BCUT2D eigenvalue weighted by Gasteiger charge is 2.19. The molecule has 0 unspecified atom stereocenters. The van der Waals surface area contributed by atoms with Crippen LogP contribution < -0.4 is 15.4 Å². The lowest BCUT2D eigenvalue weighted by molar-refractivity contribution is 0.420. The lowest BCUT2D eigenvalue weighted by Gasteiger charge is -2.30. The minimum absolute atomic E-state index is 0.530. The average Bonchev–Trinajstić information content (AvgIpc) is 2.67. The van der Waals surface area contributed by atoms with Crippen molar-refractivity contribution in [2.24, 2.45) is 10.7 Å². The van der Waals surface area contributed by atoms with Gasteiger partial charge in [0.2, 0.25) is 5.96 Å². The Hall–Kier alpha value is -3.01. The Bertz CT molecular complexity index is 949. The fourth-order valence-electron chi connectivity index (χ4n) is 3.49. The van der Waals surface area contributed by atoms with Gasteiger partial charge in [-0.3, -0.25) is 0 Å². The van der Waals surface area contributed by atoms with E-state index >= 15 is 0 Å². The van der Waals surface area contributed by atoms with Gasteiger partial charge in [-0.15, -0.1) is 0 Å². The summed E-state index contributed by atoms with van der Waals surface area (Å²) in [6, 6.07) is 20.4. The molecule has 0 saturated heterocycles. The minimum Gasteiger partial charge on any atom is -0.496 e. The first kappa shape index (κ1) is 15.5. The average molecular weight is 331 g/mol. The van der Waals surface area contributed by atoms with Crippen LogP contribution in [0.1, 0.15) is 12.0 Å². The van der Waals surface area contributed by atoms with Crippen LogP contribution in [0.4, 0.5) is 11.4 Å². The molecule has 0 saturated carbocycles. The zero-order valence-corrected chi connectivity index (χ0v) is 14.3. The number of nitrogens with zero attached hydrogens (tertiary/aromatic N) is 2. The van der Waals surface area contributed by atoms with Crippen molar-refractivity contribution in [1.82, 2.24) is 0 Å². The number of para-hydroxylation sites is 1. The van der Waals surface area contributed by atoms with Gasteiger partial charge in [-0.05, 0) is 36.6 Å². The first-order chi connectivity index (χ1) is 12.3. The van der Waals surface area contributed by atoms with E-state index in [2.05, 4.69) is 23.1 Å². The van der Waals surface area contributed by atoms with E-state index < -0.39 is 0 Å². The van der Waals surface area contributed by atoms with Crippen molar-refractivity contribution in [1.29, 1.82) is 0 Å². The third-order valence-corrected chi connectivity index (χ3v) is 4.70. The number of rotatable bonds is 2. The predicted molar refractivity (Wildman–Crippen MR) is 104 cm³/mol. The van der Waals surface area contributed by atoms with E-state index in [-0.39, 0.29) is 0 Å². The second kappa shape index (κ2) is 6.48. The van der Waals surface area contributed by atoms with Gasteiger partial charge in [0, 0.05) is 23.0 Å². The first-order valence-corrected chi connectivity index (χ1v) is 8.53. The van der Waals surface area contributed by atoms with Gasteiger partial charge >= 0.3 is 0 Å². The van der Waals surface area contributed by atoms with Crippen molar-refractivity contribution < 1.29 is 4.74 Å². The molecule has 0 aliphatic carbocycles. The van der Waals surface area contributed by atoms with Crippen molar-refractivity contribution in [2.45, 2.75) is 12.8 Å². The summed E-state index contributed by atoms with van der Waals surface area (Å²) in [7, 11) is 1.68. The van der Waals surface area contributed by atoms with E-state index in [1.165, 1.54) is 5.56 Å². The molecule has 1 aliphatic rings. The Kier molecular flexibility index (Phi) is 4.02. The van der Waals surface area contributed by atoms with Crippen LogP contribution >= 0.6 is 0 Å². The summed E-state index contributed by atoms with van der Waals surface area (Å²) >= 11 is 0. The molecule has 0 spiro atoms. The number of methoxy groups -OCH3 is 1. The maximum absolute atomic E-state index is 6.40. The summed E-state index contributed by atoms with van der Waals surface area (Å²) in [6.45, 7) is 0.889. The van der Waals surface area contributed by atoms with Crippen LogP contribution in [0, 0.1) is 0 Å². The van der Waals surface area contributed by atoms with E-state index in [1.807, 2.05) is 42.5 Å². The molecule has 25 heavy (non-hydrogen) atoms. The monoisotopic (exact) mass is 331 g/mol. The highest BCUT2D eigenvalue weighted by molar-refractivity contribution is 6.02. The summed E-state index contributed by atoms with van der Waals surface area (Å²) in [6.07, 6.45) is 2.17. The molecule has 2 N–H and O–H groups in total. The quantitative estimate of drug-likeness (QED) is 0.564. The Morgan fingerprint density at radius 2 is 1.76 bits per heavy atom. The van der Waals surface area contributed by atoms with Gasteiger partial charge in [-0.1, -0.05) is 42.5 Å². The third-order valence-electron chi connectivity index (χ3n) is 4.70. The van der Waals surface area contributed by atoms with E-state index in [1.54, 1.807) is 7.11 Å². The Morgan fingerprint density at radius 1 is 1.00 bits per heavy atom. The molecule has 1 aliphatic heterocycles. The maximum atomic E-state index is 6.40. The Balaban J connectivity index is 1.78. The van der Waals surface area contributed by atoms with Crippen LogP contribution in [-0.2, 0) is 6.42 Å². The number of benzene rings is 3. The molecule has 126 valence electrons.